The second-order valence-corrected chi connectivity index (χ2v) is 10.4. The molecule has 4 aromatic carbocycles. The number of carbonyl (C=O) groups is 4. The Morgan fingerprint density at radius 2 is 0.936 bits per heavy atom. The maximum atomic E-state index is 13.1. The highest BCUT2D eigenvalue weighted by Gasteiger charge is 2.16. The molecule has 0 fully saturated rings. The molecule has 0 aromatic heterocycles. The molecule has 234 valence electrons. The summed E-state index contributed by atoms with van der Waals surface area (Å²) in [7, 11) is 0. The molecular weight excluding hydrogens is 596 g/mol. The van der Waals surface area contributed by atoms with Crippen LogP contribution in [0.1, 0.15) is 42.3 Å². The summed E-state index contributed by atoms with van der Waals surface area (Å²) in [6.45, 7) is 15.4. The molecule has 8 heteroatoms. The van der Waals surface area contributed by atoms with Gasteiger partial charge in [-0.3, -0.25) is 0 Å². The van der Waals surface area contributed by atoms with Crippen molar-refractivity contribution in [2.45, 2.75) is 20.8 Å². The summed E-state index contributed by atoms with van der Waals surface area (Å²) < 4.78 is 21.5. The Bertz CT molecular complexity index is 1950. The predicted octanol–water partition coefficient (Wildman–Crippen LogP) is 7.42. The topological polar surface area (TPSA) is 105 Å². The highest BCUT2D eigenvalue weighted by atomic mass is 16.5. The molecule has 0 bridgehead atoms. The van der Waals surface area contributed by atoms with Crippen LogP contribution < -0.4 is 18.9 Å². The fraction of sp³-hybridized carbons (Fsp3) is 0.0769. The number of hydrogen-bond donors (Lipinski definition) is 0. The minimum Gasteiger partial charge on any atom is -0.423 e. The highest BCUT2D eigenvalue weighted by Crippen LogP contribution is 2.27. The van der Waals surface area contributed by atoms with Gasteiger partial charge in [-0.15, -0.1) is 0 Å². The van der Waals surface area contributed by atoms with Crippen molar-refractivity contribution < 1.29 is 38.1 Å². The van der Waals surface area contributed by atoms with Crippen LogP contribution in [0, 0.1) is 11.8 Å². The fourth-order valence-corrected chi connectivity index (χ4v) is 3.75. The number of ether oxygens (including phenoxy) is 4. The zero-order valence-corrected chi connectivity index (χ0v) is 26.0. The van der Waals surface area contributed by atoms with Gasteiger partial charge in [-0.25, -0.2) is 19.2 Å². The average Bonchev–Trinajstić information content (AvgIpc) is 3.05. The molecule has 47 heavy (non-hydrogen) atoms. The lowest BCUT2D eigenvalue weighted by molar-refractivity contribution is -0.130. The summed E-state index contributed by atoms with van der Waals surface area (Å²) in [5, 5.41) is 0. The van der Waals surface area contributed by atoms with Crippen LogP contribution in [-0.4, -0.2) is 23.9 Å². The van der Waals surface area contributed by atoms with E-state index in [1.807, 2.05) is 0 Å². The van der Waals surface area contributed by atoms with E-state index in [0.717, 1.165) is 11.1 Å². The van der Waals surface area contributed by atoms with Gasteiger partial charge in [-0.2, -0.15) is 0 Å². The molecule has 0 aliphatic carbocycles. The lowest BCUT2D eigenvalue weighted by Crippen LogP contribution is -2.12. The van der Waals surface area contributed by atoms with Crippen molar-refractivity contribution >= 4 is 23.9 Å². The molecule has 0 aliphatic heterocycles. The summed E-state index contributed by atoms with van der Waals surface area (Å²) in [6, 6.07) is 24.8. The SMILES string of the molecule is C=C(C)C(=O)Oc1ccc(C#Cc2ccc(C(=O)Oc3ccc(-c4ccc(OC(=O)C(=C)C)cc4)cc3)cc2OC(=O)C(=C)C)cc1. The molecule has 8 nitrogen and oxygen atoms in total. The third kappa shape index (κ3) is 9.27. The van der Waals surface area contributed by atoms with Gasteiger partial charge in [0.25, 0.3) is 0 Å². The van der Waals surface area contributed by atoms with Gasteiger partial charge < -0.3 is 18.9 Å². The van der Waals surface area contributed by atoms with E-state index >= 15 is 0 Å². The number of esters is 4. The molecule has 0 N–H and O–H groups in total. The second-order valence-electron chi connectivity index (χ2n) is 10.4. The zero-order chi connectivity index (χ0) is 34.1. The Morgan fingerprint density at radius 1 is 0.511 bits per heavy atom. The third-order valence-corrected chi connectivity index (χ3v) is 6.33. The summed E-state index contributed by atoms with van der Waals surface area (Å²) in [5.41, 5.74) is 3.54. The van der Waals surface area contributed by atoms with Crippen LogP contribution >= 0.6 is 0 Å². The van der Waals surface area contributed by atoms with Crippen molar-refractivity contribution in [2.24, 2.45) is 0 Å². The van der Waals surface area contributed by atoms with Gasteiger partial charge in [-0.05, 0) is 98.6 Å². The zero-order valence-electron chi connectivity index (χ0n) is 26.0. The van der Waals surface area contributed by atoms with Gasteiger partial charge in [0.05, 0.1) is 11.1 Å². The minimum atomic E-state index is -0.681. The van der Waals surface area contributed by atoms with Crippen LogP contribution in [0.4, 0.5) is 0 Å². The molecule has 0 saturated heterocycles. The van der Waals surface area contributed by atoms with Crippen LogP contribution in [0.2, 0.25) is 0 Å². The molecule has 0 radical (unpaired) electrons. The van der Waals surface area contributed by atoms with Gasteiger partial charge >= 0.3 is 23.9 Å². The first-order valence-electron chi connectivity index (χ1n) is 14.2. The van der Waals surface area contributed by atoms with Crippen LogP contribution in [0.25, 0.3) is 11.1 Å². The summed E-state index contributed by atoms with van der Waals surface area (Å²) in [6.07, 6.45) is 0. The smallest absolute Gasteiger partial charge is 0.343 e. The fourth-order valence-electron chi connectivity index (χ4n) is 3.75. The molecule has 4 rings (SSSR count). The summed E-state index contributed by atoms with van der Waals surface area (Å²) in [5.74, 6) is 4.62. The Balaban J connectivity index is 1.49. The van der Waals surface area contributed by atoms with Gasteiger partial charge in [0.15, 0.2) is 0 Å². The maximum absolute atomic E-state index is 13.1. The van der Waals surface area contributed by atoms with Crippen LogP contribution in [0.3, 0.4) is 0 Å². The van der Waals surface area contributed by atoms with E-state index in [1.54, 1.807) is 92.7 Å². The van der Waals surface area contributed by atoms with Gasteiger partial charge in [0, 0.05) is 22.3 Å². The van der Waals surface area contributed by atoms with Crippen molar-refractivity contribution in [2.75, 3.05) is 0 Å². The molecule has 0 aliphatic rings. The van der Waals surface area contributed by atoms with Crippen molar-refractivity contribution in [1.82, 2.24) is 0 Å². The van der Waals surface area contributed by atoms with E-state index < -0.39 is 23.9 Å². The molecule has 0 amide bonds. The standard InChI is InChI=1S/C39H30O8/c1-24(2)36(40)44-32-17-8-27(9-18-32)7-10-30-11-12-31(23-35(30)47-38(42)26(5)6)39(43)46-34-21-15-29(16-22-34)28-13-19-33(20-14-28)45-37(41)25(3)4/h8-9,11-23H,1,3,5H2,2,4,6H3. The quantitative estimate of drug-likeness (QED) is 0.0818. The first kappa shape index (κ1) is 33.4. The van der Waals surface area contributed by atoms with Crippen molar-refractivity contribution in [3.05, 3.63) is 144 Å². The molecular formula is C39H30O8. The van der Waals surface area contributed by atoms with E-state index in [2.05, 4.69) is 31.6 Å². The normalized spacial score (nSPS) is 10.0. The molecule has 0 heterocycles. The monoisotopic (exact) mass is 626 g/mol. The molecule has 4 aromatic rings. The molecule has 0 unspecified atom stereocenters. The Labute approximate surface area is 272 Å². The second kappa shape index (κ2) is 15.0. The van der Waals surface area contributed by atoms with E-state index in [0.29, 0.717) is 33.9 Å². The highest BCUT2D eigenvalue weighted by molar-refractivity contribution is 5.93. The number of rotatable bonds is 9. The van der Waals surface area contributed by atoms with Crippen molar-refractivity contribution in [3.8, 4) is 46.0 Å². The third-order valence-electron chi connectivity index (χ3n) is 6.33. The molecule has 0 spiro atoms. The van der Waals surface area contributed by atoms with E-state index in [4.69, 9.17) is 18.9 Å². The first-order valence-corrected chi connectivity index (χ1v) is 14.2. The van der Waals surface area contributed by atoms with E-state index in [9.17, 15) is 19.2 Å². The summed E-state index contributed by atoms with van der Waals surface area (Å²) in [4.78, 5) is 48.9. The largest absolute Gasteiger partial charge is 0.423 e. The van der Waals surface area contributed by atoms with Crippen LogP contribution in [0.15, 0.2) is 127 Å². The van der Waals surface area contributed by atoms with Gasteiger partial charge in [-0.1, -0.05) is 55.8 Å². The van der Waals surface area contributed by atoms with E-state index in [-0.39, 0.29) is 22.5 Å². The molecule has 0 atom stereocenters. The lowest BCUT2D eigenvalue weighted by Gasteiger charge is -2.10. The average molecular weight is 627 g/mol. The van der Waals surface area contributed by atoms with E-state index in [1.165, 1.54) is 19.1 Å². The van der Waals surface area contributed by atoms with Crippen LogP contribution in [0.5, 0.6) is 23.0 Å². The molecule has 0 saturated carbocycles. The Hall–Kier alpha value is -6.46. The number of benzene rings is 4. The minimum absolute atomic E-state index is 0.0553. The summed E-state index contributed by atoms with van der Waals surface area (Å²) >= 11 is 0. The Morgan fingerprint density at radius 3 is 1.40 bits per heavy atom. The van der Waals surface area contributed by atoms with Crippen LogP contribution in [-0.2, 0) is 14.4 Å². The lowest BCUT2D eigenvalue weighted by atomic mass is 10.1. The predicted molar refractivity (Wildman–Crippen MR) is 177 cm³/mol. The van der Waals surface area contributed by atoms with Crippen molar-refractivity contribution in [1.29, 1.82) is 0 Å². The van der Waals surface area contributed by atoms with Gasteiger partial charge in [0.1, 0.15) is 23.0 Å². The Kier molecular flexibility index (Phi) is 10.7. The first-order chi connectivity index (χ1) is 22.4. The van der Waals surface area contributed by atoms with Gasteiger partial charge in [0.2, 0.25) is 0 Å². The van der Waals surface area contributed by atoms with Crippen molar-refractivity contribution in [3.63, 3.8) is 0 Å². The maximum Gasteiger partial charge on any atom is 0.343 e. The number of hydrogen-bond acceptors (Lipinski definition) is 8. The number of carbonyl (C=O) groups excluding carboxylic acids is 4.